The molecule has 4 nitrogen and oxygen atoms in total. The van der Waals surface area contributed by atoms with Crippen LogP contribution in [-0.2, 0) is 11.2 Å². The number of aryl methyl sites for hydroxylation is 1. The van der Waals surface area contributed by atoms with E-state index in [2.05, 4.69) is 6.07 Å². The van der Waals surface area contributed by atoms with E-state index in [0.717, 1.165) is 28.3 Å². The van der Waals surface area contributed by atoms with Gasteiger partial charge in [-0.3, -0.25) is 9.69 Å². The summed E-state index contributed by atoms with van der Waals surface area (Å²) in [5, 5.41) is 10.0. The highest BCUT2D eigenvalue weighted by molar-refractivity contribution is 7.12. The smallest absolute Gasteiger partial charge is 0.162 e. The van der Waals surface area contributed by atoms with Gasteiger partial charge in [0.15, 0.2) is 5.78 Å². The molecule has 0 saturated heterocycles. The van der Waals surface area contributed by atoms with Crippen LogP contribution in [0.2, 0.25) is 0 Å². The summed E-state index contributed by atoms with van der Waals surface area (Å²) in [4.78, 5) is 16.6. The molecule has 0 amide bonds. The number of halogens is 2. The molecule has 0 bridgehead atoms. The van der Waals surface area contributed by atoms with E-state index in [1.807, 2.05) is 32.9 Å². The van der Waals surface area contributed by atoms with Crippen molar-refractivity contribution in [2.45, 2.75) is 46.0 Å². The molecule has 160 valence electrons. The SMILES string of the molecule is CCc1ccc([C@@H]2C(C#N)=C(N)N(c3c(F)cccc3F)C3=C2C(=O)CC(C)(C)C3)s1. The molecule has 1 aromatic carbocycles. The number of hydrogen-bond acceptors (Lipinski definition) is 5. The molecule has 0 fully saturated rings. The summed E-state index contributed by atoms with van der Waals surface area (Å²) in [5.74, 6) is -2.38. The predicted molar refractivity (Wildman–Crippen MR) is 117 cm³/mol. The number of rotatable bonds is 3. The number of thiophene rings is 1. The van der Waals surface area contributed by atoms with Crippen LogP contribution in [-0.4, -0.2) is 5.78 Å². The molecule has 0 radical (unpaired) electrons. The zero-order valence-corrected chi connectivity index (χ0v) is 18.4. The van der Waals surface area contributed by atoms with Gasteiger partial charge >= 0.3 is 0 Å². The van der Waals surface area contributed by atoms with E-state index in [1.54, 1.807) is 0 Å². The van der Waals surface area contributed by atoms with Crippen LogP contribution in [0.3, 0.4) is 0 Å². The van der Waals surface area contributed by atoms with Crippen molar-refractivity contribution < 1.29 is 13.6 Å². The Labute approximate surface area is 184 Å². The van der Waals surface area contributed by atoms with E-state index in [0.29, 0.717) is 24.1 Å². The van der Waals surface area contributed by atoms with Crippen molar-refractivity contribution in [2.75, 3.05) is 4.90 Å². The van der Waals surface area contributed by atoms with Crippen molar-refractivity contribution >= 4 is 22.8 Å². The molecule has 1 atom stereocenters. The average molecular weight is 440 g/mol. The molecular formula is C24H23F2N3OS. The van der Waals surface area contributed by atoms with E-state index in [4.69, 9.17) is 5.73 Å². The fraction of sp³-hybridized carbons (Fsp3) is 0.333. The number of Topliss-reactive ketones (excluding diaryl/α,β-unsaturated/α-hetero) is 1. The number of nitrogens with two attached hydrogens (primary N) is 1. The van der Waals surface area contributed by atoms with Crippen molar-refractivity contribution in [1.29, 1.82) is 5.26 Å². The highest BCUT2D eigenvalue weighted by Crippen LogP contribution is 2.51. The molecule has 2 heterocycles. The van der Waals surface area contributed by atoms with Gasteiger partial charge in [0.05, 0.1) is 17.6 Å². The first kappa shape index (κ1) is 21.3. The Balaban J connectivity index is 2.03. The number of nitriles is 1. The Kier molecular flexibility index (Phi) is 5.22. The summed E-state index contributed by atoms with van der Waals surface area (Å²) >= 11 is 1.53. The van der Waals surface area contributed by atoms with Crippen LogP contribution in [0.15, 0.2) is 53.0 Å². The van der Waals surface area contributed by atoms with Crippen LogP contribution < -0.4 is 10.6 Å². The summed E-state index contributed by atoms with van der Waals surface area (Å²) in [5.41, 5.74) is 6.68. The highest BCUT2D eigenvalue weighted by atomic mass is 32.1. The lowest BCUT2D eigenvalue weighted by Gasteiger charge is -2.43. The second-order valence-electron chi connectivity index (χ2n) is 8.71. The molecule has 4 rings (SSSR count). The topological polar surface area (TPSA) is 70.1 Å². The standard InChI is InChI=1S/C24H23F2N3OS/c1-4-13-8-9-19(31-13)20-14(12-27)23(28)29(22-15(25)6-5-7-16(22)26)17-10-24(2,3)11-18(30)21(17)20/h5-9,20H,4,10-11,28H2,1-3H3/t20-/m0/s1. The molecule has 1 aliphatic heterocycles. The minimum atomic E-state index is -0.800. The van der Waals surface area contributed by atoms with Gasteiger partial charge in [-0.05, 0) is 42.5 Å². The van der Waals surface area contributed by atoms with Crippen molar-refractivity contribution in [3.8, 4) is 6.07 Å². The third-order valence-electron chi connectivity index (χ3n) is 5.86. The number of nitrogens with zero attached hydrogens (tertiary/aromatic N) is 2. The maximum absolute atomic E-state index is 14.8. The number of carbonyl (C=O) groups is 1. The number of carbonyl (C=O) groups excluding carboxylic acids is 1. The fourth-order valence-corrected chi connectivity index (χ4v) is 5.56. The third kappa shape index (κ3) is 3.45. The number of ketones is 1. The van der Waals surface area contributed by atoms with Gasteiger partial charge in [0.25, 0.3) is 0 Å². The monoisotopic (exact) mass is 439 g/mol. The number of para-hydroxylation sites is 1. The molecule has 7 heteroatoms. The average Bonchev–Trinajstić information content (AvgIpc) is 3.17. The molecular weight excluding hydrogens is 416 g/mol. The van der Waals surface area contributed by atoms with E-state index in [9.17, 15) is 18.8 Å². The molecule has 1 aromatic heterocycles. The summed E-state index contributed by atoms with van der Waals surface area (Å²) in [7, 11) is 0. The van der Waals surface area contributed by atoms with Gasteiger partial charge in [-0.25, -0.2) is 8.78 Å². The Bertz CT molecular complexity index is 1170. The maximum Gasteiger partial charge on any atom is 0.162 e. The van der Waals surface area contributed by atoms with Crippen LogP contribution in [0.4, 0.5) is 14.5 Å². The molecule has 31 heavy (non-hydrogen) atoms. The predicted octanol–water partition coefficient (Wildman–Crippen LogP) is 5.53. The molecule has 1 aliphatic carbocycles. The van der Waals surface area contributed by atoms with Crippen molar-refractivity contribution in [3.05, 3.63) is 74.4 Å². The molecule has 2 aliphatic rings. The summed E-state index contributed by atoms with van der Waals surface area (Å²) < 4.78 is 29.6. The second-order valence-corrected chi connectivity index (χ2v) is 9.91. The van der Waals surface area contributed by atoms with Gasteiger partial charge in [-0.15, -0.1) is 11.3 Å². The largest absolute Gasteiger partial charge is 0.384 e. The van der Waals surface area contributed by atoms with Crippen molar-refractivity contribution in [1.82, 2.24) is 0 Å². The van der Waals surface area contributed by atoms with Gasteiger partial charge in [0.2, 0.25) is 0 Å². The van der Waals surface area contributed by atoms with Gasteiger partial charge in [0.1, 0.15) is 23.1 Å². The first-order valence-electron chi connectivity index (χ1n) is 10.2. The Morgan fingerprint density at radius 1 is 1.23 bits per heavy atom. The van der Waals surface area contributed by atoms with Crippen molar-refractivity contribution in [2.24, 2.45) is 11.1 Å². The summed E-state index contributed by atoms with van der Waals surface area (Å²) in [6.07, 6.45) is 1.53. The van der Waals surface area contributed by atoms with Crippen molar-refractivity contribution in [3.63, 3.8) is 0 Å². The Hall–Kier alpha value is -2.98. The van der Waals surface area contributed by atoms with E-state index < -0.39 is 23.0 Å². The quantitative estimate of drug-likeness (QED) is 0.683. The minimum Gasteiger partial charge on any atom is -0.384 e. The van der Waals surface area contributed by atoms with E-state index in [1.165, 1.54) is 22.3 Å². The maximum atomic E-state index is 14.8. The Morgan fingerprint density at radius 3 is 2.48 bits per heavy atom. The summed E-state index contributed by atoms with van der Waals surface area (Å²) in [6, 6.07) is 9.59. The van der Waals surface area contributed by atoms with E-state index >= 15 is 0 Å². The number of hydrogen-bond donors (Lipinski definition) is 1. The van der Waals surface area contributed by atoms with Crippen LogP contribution in [0.25, 0.3) is 0 Å². The number of allylic oxidation sites excluding steroid dienone is 3. The van der Waals surface area contributed by atoms with Crippen LogP contribution in [0.5, 0.6) is 0 Å². The molecule has 0 unspecified atom stereocenters. The third-order valence-corrected chi connectivity index (χ3v) is 7.15. The molecule has 2 N–H and O–H groups in total. The van der Waals surface area contributed by atoms with Gasteiger partial charge in [-0.1, -0.05) is 26.8 Å². The van der Waals surface area contributed by atoms with Gasteiger partial charge in [-0.2, -0.15) is 5.26 Å². The number of benzene rings is 1. The van der Waals surface area contributed by atoms with Crippen LogP contribution in [0.1, 0.15) is 49.3 Å². The first-order chi connectivity index (χ1) is 14.7. The van der Waals surface area contributed by atoms with Gasteiger partial charge < -0.3 is 5.73 Å². The second kappa shape index (κ2) is 7.61. The fourth-order valence-electron chi connectivity index (χ4n) is 4.49. The zero-order chi connectivity index (χ0) is 22.5. The molecule has 2 aromatic rings. The lowest BCUT2D eigenvalue weighted by Crippen LogP contribution is -2.42. The lowest BCUT2D eigenvalue weighted by atomic mass is 9.69. The zero-order valence-electron chi connectivity index (χ0n) is 17.6. The van der Waals surface area contributed by atoms with Crippen LogP contribution in [0, 0.1) is 28.4 Å². The first-order valence-corrected chi connectivity index (χ1v) is 11.0. The van der Waals surface area contributed by atoms with Gasteiger partial charge in [0, 0.05) is 27.4 Å². The molecule has 0 spiro atoms. The Morgan fingerprint density at radius 2 is 1.90 bits per heavy atom. The van der Waals surface area contributed by atoms with Crippen LogP contribution >= 0.6 is 11.3 Å². The molecule has 0 saturated carbocycles. The van der Waals surface area contributed by atoms with E-state index in [-0.39, 0.29) is 22.9 Å². The lowest BCUT2D eigenvalue weighted by molar-refractivity contribution is -0.118. The number of anilines is 1. The minimum absolute atomic E-state index is 0.0350. The highest BCUT2D eigenvalue weighted by Gasteiger charge is 2.46. The normalized spacial score (nSPS) is 20.7. The summed E-state index contributed by atoms with van der Waals surface area (Å²) in [6.45, 7) is 5.92.